The number of aromatic nitrogens is 2. The molecule has 0 saturated carbocycles. The number of thiazole rings is 1. The minimum absolute atomic E-state index is 0.00330. The van der Waals surface area contributed by atoms with E-state index in [0.717, 1.165) is 53.5 Å². The van der Waals surface area contributed by atoms with Crippen molar-refractivity contribution in [2.75, 3.05) is 19.6 Å². The molecule has 0 spiro atoms. The highest BCUT2D eigenvalue weighted by atomic mass is 32.1. The number of hydrogen-bond donors (Lipinski definition) is 1. The summed E-state index contributed by atoms with van der Waals surface area (Å²) in [6.07, 6.45) is 3.30. The van der Waals surface area contributed by atoms with Crippen LogP contribution in [0.3, 0.4) is 0 Å². The van der Waals surface area contributed by atoms with Gasteiger partial charge in [-0.25, -0.2) is 13.8 Å². The molecule has 0 bridgehead atoms. The van der Waals surface area contributed by atoms with E-state index in [-0.39, 0.29) is 24.7 Å². The van der Waals surface area contributed by atoms with Gasteiger partial charge < -0.3 is 10.1 Å². The van der Waals surface area contributed by atoms with Crippen LogP contribution in [0.4, 0.5) is 8.78 Å². The van der Waals surface area contributed by atoms with Gasteiger partial charge in [-0.3, -0.25) is 14.7 Å². The number of rotatable bonds is 8. The third kappa shape index (κ3) is 6.01. The molecule has 1 aliphatic rings. The van der Waals surface area contributed by atoms with Gasteiger partial charge in [0.05, 0.1) is 35.5 Å². The topological polar surface area (TPSA) is 67.4 Å². The molecular weight excluding hydrogens is 494 g/mol. The van der Waals surface area contributed by atoms with Gasteiger partial charge in [-0.15, -0.1) is 11.3 Å². The summed E-state index contributed by atoms with van der Waals surface area (Å²) in [5, 5.41) is 3.96. The lowest BCUT2D eigenvalue weighted by Gasteiger charge is -2.37. The quantitative estimate of drug-likeness (QED) is 0.334. The first-order valence-corrected chi connectivity index (χ1v) is 13.2. The first-order valence-electron chi connectivity index (χ1n) is 12.3. The summed E-state index contributed by atoms with van der Waals surface area (Å²) < 4.78 is 32.9. The number of pyridine rings is 1. The van der Waals surface area contributed by atoms with Crippen LogP contribution in [-0.4, -0.2) is 46.5 Å². The first kappa shape index (κ1) is 25.4. The summed E-state index contributed by atoms with van der Waals surface area (Å²) >= 11 is 1.60. The standard InChI is InChI=1S/C28H28F2N4O2S/c1-18-27(37-17-33-18)26(15-32-28(35)24-4-2-6-25-23(24)5-3-9-31-25)34-10-7-22(8-11-34)36-16-19-12-20(29)14-21(30)13-19/h2-6,9,12-14,17,22,26H,7-8,10-11,15-16H2,1H3,(H,32,35). The van der Waals surface area contributed by atoms with Gasteiger partial charge in [0, 0.05) is 47.7 Å². The number of likely N-dealkylation sites (tertiary alicyclic amines) is 1. The van der Waals surface area contributed by atoms with E-state index in [1.54, 1.807) is 17.5 Å². The minimum atomic E-state index is -0.599. The second-order valence-corrected chi connectivity index (χ2v) is 10.1. The van der Waals surface area contributed by atoms with Crippen LogP contribution in [-0.2, 0) is 11.3 Å². The lowest BCUT2D eigenvalue weighted by molar-refractivity contribution is -0.0111. The SMILES string of the molecule is Cc1ncsc1C(CNC(=O)c1cccc2ncccc12)N1CCC(OCc2cc(F)cc(F)c2)CC1. The number of carbonyl (C=O) groups excluding carboxylic acids is 1. The predicted molar refractivity (Wildman–Crippen MR) is 139 cm³/mol. The fraction of sp³-hybridized carbons (Fsp3) is 0.321. The smallest absolute Gasteiger partial charge is 0.252 e. The number of piperidine rings is 1. The molecule has 9 heteroatoms. The Morgan fingerprint density at radius 1 is 1.14 bits per heavy atom. The van der Waals surface area contributed by atoms with Crippen molar-refractivity contribution >= 4 is 28.1 Å². The number of carbonyl (C=O) groups is 1. The molecule has 1 fully saturated rings. The van der Waals surface area contributed by atoms with Crippen LogP contribution in [0.2, 0.25) is 0 Å². The molecule has 1 atom stereocenters. The zero-order chi connectivity index (χ0) is 25.8. The molecule has 2 aromatic carbocycles. The van der Waals surface area contributed by atoms with E-state index in [1.165, 1.54) is 12.1 Å². The molecule has 1 N–H and O–H groups in total. The minimum Gasteiger partial charge on any atom is -0.373 e. The van der Waals surface area contributed by atoms with E-state index >= 15 is 0 Å². The van der Waals surface area contributed by atoms with Gasteiger partial charge in [0.1, 0.15) is 11.6 Å². The zero-order valence-electron chi connectivity index (χ0n) is 20.5. The molecule has 3 heterocycles. The van der Waals surface area contributed by atoms with Crippen LogP contribution in [0.1, 0.15) is 45.4 Å². The van der Waals surface area contributed by atoms with Crippen molar-refractivity contribution in [3.63, 3.8) is 0 Å². The third-order valence-electron chi connectivity index (χ3n) is 6.76. The second-order valence-electron chi connectivity index (χ2n) is 9.23. The Morgan fingerprint density at radius 2 is 1.92 bits per heavy atom. The maximum Gasteiger partial charge on any atom is 0.252 e. The van der Waals surface area contributed by atoms with Gasteiger partial charge in [-0.2, -0.15) is 0 Å². The molecule has 37 heavy (non-hydrogen) atoms. The lowest BCUT2D eigenvalue weighted by Crippen LogP contribution is -2.43. The van der Waals surface area contributed by atoms with Gasteiger partial charge in [0.2, 0.25) is 0 Å². The Labute approximate surface area is 218 Å². The number of nitrogens with one attached hydrogen (secondary N) is 1. The van der Waals surface area contributed by atoms with Gasteiger partial charge in [-0.1, -0.05) is 12.1 Å². The Morgan fingerprint density at radius 3 is 2.65 bits per heavy atom. The van der Waals surface area contributed by atoms with E-state index in [0.29, 0.717) is 17.7 Å². The molecule has 192 valence electrons. The monoisotopic (exact) mass is 522 g/mol. The Bertz CT molecular complexity index is 1360. The molecular formula is C28H28F2N4O2S. The molecule has 1 aliphatic heterocycles. The van der Waals surface area contributed by atoms with E-state index in [9.17, 15) is 13.6 Å². The maximum atomic E-state index is 13.5. The summed E-state index contributed by atoms with van der Waals surface area (Å²) in [6, 6.07) is 12.8. The molecule has 1 unspecified atom stereocenters. The maximum absolute atomic E-state index is 13.5. The van der Waals surface area contributed by atoms with E-state index in [2.05, 4.69) is 20.2 Å². The van der Waals surface area contributed by atoms with Gasteiger partial charge >= 0.3 is 0 Å². The fourth-order valence-electron chi connectivity index (χ4n) is 4.87. The molecule has 1 saturated heterocycles. The number of fused-ring (bicyclic) bond motifs is 1. The highest BCUT2D eigenvalue weighted by Gasteiger charge is 2.29. The summed E-state index contributed by atoms with van der Waals surface area (Å²) in [6.45, 7) is 4.17. The van der Waals surface area contributed by atoms with Gasteiger partial charge in [0.25, 0.3) is 5.91 Å². The number of hydrogen-bond acceptors (Lipinski definition) is 6. The molecule has 6 nitrogen and oxygen atoms in total. The number of benzene rings is 2. The highest BCUT2D eigenvalue weighted by Crippen LogP contribution is 2.30. The summed E-state index contributed by atoms with van der Waals surface area (Å²) in [5.74, 6) is -1.33. The van der Waals surface area contributed by atoms with E-state index in [4.69, 9.17) is 4.74 Å². The Hall–Kier alpha value is -3.27. The van der Waals surface area contributed by atoms with Crippen molar-refractivity contribution in [1.82, 2.24) is 20.2 Å². The second kappa shape index (κ2) is 11.4. The summed E-state index contributed by atoms with van der Waals surface area (Å²) in [7, 11) is 0. The molecule has 5 rings (SSSR count). The van der Waals surface area contributed by atoms with Crippen molar-refractivity contribution < 1.29 is 18.3 Å². The van der Waals surface area contributed by atoms with E-state index < -0.39 is 11.6 Å². The highest BCUT2D eigenvalue weighted by molar-refractivity contribution is 7.09. The van der Waals surface area contributed by atoms with E-state index in [1.807, 2.05) is 42.8 Å². The van der Waals surface area contributed by atoms with Crippen molar-refractivity contribution in [3.05, 3.63) is 93.6 Å². The average molecular weight is 523 g/mol. The van der Waals surface area contributed by atoms with Crippen molar-refractivity contribution in [2.45, 2.75) is 38.5 Å². The van der Waals surface area contributed by atoms with Crippen molar-refractivity contribution in [3.8, 4) is 0 Å². The van der Waals surface area contributed by atoms with Crippen LogP contribution in [0, 0.1) is 18.6 Å². The number of amides is 1. The zero-order valence-corrected chi connectivity index (χ0v) is 21.3. The fourth-order valence-corrected chi connectivity index (χ4v) is 5.80. The number of ether oxygens (including phenoxy) is 1. The van der Waals surface area contributed by atoms with Crippen LogP contribution < -0.4 is 5.32 Å². The Kier molecular flexibility index (Phi) is 7.83. The van der Waals surface area contributed by atoms with Crippen molar-refractivity contribution in [1.29, 1.82) is 0 Å². The van der Waals surface area contributed by atoms with Gasteiger partial charge in [-0.05, 0) is 55.7 Å². The summed E-state index contributed by atoms with van der Waals surface area (Å²) in [4.78, 5) is 25.5. The normalized spacial score (nSPS) is 15.6. The van der Waals surface area contributed by atoms with Crippen LogP contribution in [0.15, 0.2) is 60.2 Å². The molecule has 1 amide bonds. The first-order chi connectivity index (χ1) is 18.0. The van der Waals surface area contributed by atoms with Crippen LogP contribution in [0.25, 0.3) is 10.9 Å². The summed E-state index contributed by atoms with van der Waals surface area (Å²) in [5.41, 5.74) is 4.68. The number of nitrogens with zero attached hydrogens (tertiary/aromatic N) is 3. The molecule has 2 aromatic heterocycles. The predicted octanol–water partition coefficient (Wildman–Crippen LogP) is 5.43. The molecule has 0 radical (unpaired) electrons. The largest absolute Gasteiger partial charge is 0.373 e. The van der Waals surface area contributed by atoms with Crippen molar-refractivity contribution in [2.24, 2.45) is 0 Å². The average Bonchev–Trinajstić information content (AvgIpc) is 3.32. The Balaban J connectivity index is 1.23. The van der Waals surface area contributed by atoms with Gasteiger partial charge in [0.15, 0.2) is 0 Å². The van der Waals surface area contributed by atoms with Crippen LogP contribution in [0.5, 0.6) is 0 Å². The van der Waals surface area contributed by atoms with Crippen LogP contribution >= 0.6 is 11.3 Å². The number of halogens is 2. The third-order valence-corrected chi connectivity index (χ3v) is 7.79. The molecule has 4 aromatic rings. The number of aryl methyl sites for hydroxylation is 1. The molecule has 0 aliphatic carbocycles. The lowest BCUT2D eigenvalue weighted by atomic mass is 10.0.